The zero-order valence-electron chi connectivity index (χ0n) is 12.7. The SMILES string of the molecule is O=C(NC1CCC(Oc2ccccn2)CC1)c1ccc(=O)[nH]c1. The third-order valence-corrected chi connectivity index (χ3v) is 3.98. The molecule has 0 aliphatic heterocycles. The molecular formula is C17H19N3O3. The van der Waals surface area contributed by atoms with Crippen molar-refractivity contribution in [3.8, 4) is 5.88 Å². The Bertz CT molecular complexity index is 686. The van der Waals surface area contributed by atoms with Gasteiger partial charge in [0, 0.05) is 30.6 Å². The number of hydrogen-bond donors (Lipinski definition) is 2. The summed E-state index contributed by atoms with van der Waals surface area (Å²) in [5.74, 6) is 0.489. The maximum Gasteiger partial charge on any atom is 0.252 e. The predicted molar refractivity (Wildman–Crippen MR) is 85.4 cm³/mol. The maximum atomic E-state index is 12.1. The summed E-state index contributed by atoms with van der Waals surface area (Å²) in [6.07, 6.45) is 6.80. The quantitative estimate of drug-likeness (QED) is 0.903. The lowest BCUT2D eigenvalue weighted by Crippen LogP contribution is -2.39. The highest BCUT2D eigenvalue weighted by Gasteiger charge is 2.24. The molecule has 2 heterocycles. The molecule has 6 heteroatoms. The van der Waals surface area contributed by atoms with Crippen LogP contribution in [-0.2, 0) is 0 Å². The van der Waals surface area contributed by atoms with Crippen molar-refractivity contribution < 1.29 is 9.53 Å². The molecule has 0 unspecified atom stereocenters. The Morgan fingerprint density at radius 2 is 2.00 bits per heavy atom. The Kier molecular flexibility index (Phi) is 4.71. The molecule has 2 N–H and O–H groups in total. The van der Waals surface area contributed by atoms with E-state index in [1.807, 2.05) is 18.2 Å². The first-order valence-electron chi connectivity index (χ1n) is 7.78. The number of carbonyl (C=O) groups is 1. The van der Waals surface area contributed by atoms with Crippen molar-refractivity contribution in [1.29, 1.82) is 0 Å². The summed E-state index contributed by atoms with van der Waals surface area (Å²) in [7, 11) is 0. The lowest BCUT2D eigenvalue weighted by molar-refractivity contribution is 0.0890. The third-order valence-electron chi connectivity index (χ3n) is 3.98. The fraction of sp³-hybridized carbons (Fsp3) is 0.353. The molecule has 0 saturated heterocycles. The van der Waals surface area contributed by atoms with E-state index in [-0.39, 0.29) is 23.6 Å². The predicted octanol–water partition coefficient (Wildman–Crippen LogP) is 1.89. The van der Waals surface area contributed by atoms with E-state index in [4.69, 9.17) is 4.74 Å². The van der Waals surface area contributed by atoms with Crippen LogP contribution in [0.2, 0.25) is 0 Å². The first kappa shape index (κ1) is 15.3. The largest absolute Gasteiger partial charge is 0.474 e. The minimum atomic E-state index is -0.214. The van der Waals surface area contributed by atoms with Gasteiger partial charge in [0.05, 0.1) is 5.56 Å². The van der Waals surface area contributed by atoms with Crippen LogP contribution >= 0.6 is 0 Å². The Morgan fingerprint density at radius 1 is 1.17 bits per heavy atom. The van der Waals surface area contributed by atoms with Crippen LogP contribution in [0.4, 0.5) is 0 Å². The van der Waals surface area contributed by atoms with Crippen LogP contribution in [-0.4, -0.2) is 28.0 Å². The molecule has 3 rings (SSSR count). The first-order valence-corrected chi connectivity index (χ1v) is 7.78. The Morgan fingerprint density at radius 3 is 2.65 bits per heavy atom. The van der Waals surface area contributed by atoms with Crippen LogP contribution in [0.15, 0.2) is 47.5 Å². The molecule has 0 radical (unpaired) electrons. The summed E-state index contributed by atoms with van der Waals surface area (Å²) in [6.45, 7) is 0. The molecule has 0 bridgehead atoms. The zero-order chi connectivity index (χ0) is 16.1. The Balaban J connectivity index is 1.48. The van der Waals surface area contributed by atoms with Crippen LogP contribution in [0.3, 0.4) is 0 Å². The minimum Gasteiger partial charge on any atom is -0.474 e. The number of nitrogens with zero attached hydrogens (tertiary/aromatic N) is 1. The number of rotatable bonds is 4. The number of H-pyrrole nitrogens is 1. The first-order chi connectivity index (χ1) is 11.2. The van der Waals surface area contributed by atoms with Gasteiger partial charge in [0.2, 0.25) is 11.4 Å². The van der Waals surface area contributed by atoms with E-state index in [1.54, 1.807) is 6.20 Å². The average Bonchev–Trinajstić information content (AvgIpc) is 2.58. The summed E-state index contributed by atoms with van der Waals surface area (Å²) < 4.78 is 5.84. The van der Waals surface area contributed by atoms with Crippen LogP contribution in [0.5, 0.6) is 5.88 Å². The smallest absolute Gasteiger partial charge is 0.252 e. The second-order valence-electron chi connectivity index (χ2n) is 5.67. The normalized spacial score (nSPS) is 20.7. The second-order valence-corrected chi connectivity index (χ2v) is 5.67. The summed E-state index contributed by atoms with van der Waals surface area (Å²) in [5.41, 5.74) is 0.255. The van der Waals surface area contributed by atoms with Crippen LogP contribution in [0.25, 0.3) is 0 Å². The number of ether oxygens (including phenoxy) is 1. The van der Waals surface area contributed by atoms with Gasteiger partial charge < -0.3 is 15.0 Å². The summed E-state index contributed by atoms with van der Waals surface area (Å²) in [4.78, 5) is 29.8. The summed E-state index contributed by atoms with van der Waals surface area (Å²) in [6, 6.07) is 8.63. The number of carbonyl (C=O) groups excluding carboxylic acids is 1. The molecule has 2 aromatic rings. The van der Waals surface area contributed by atoms with Crippen LogP contribution in [0, 0.1) is 0 Å². The molecule has 0 atom stereocenters. The number of amides is 1. The van der Waals surface area contributed by atoms with Crippen LogP contribution in [0.1, 0.15) is 36.0 Å². The highest BCUT2D eigenvalue weighted by Crippen LogP contribution is 2.22. The van der Waals surface area contributed by atoms with Gasteiger partial charge in [-0.25, -0.2) is 4.98 Å². The molecule has 2 aromatic heterocycles. The number of hydrogen-bond acceptors (Lipinski definition) is 4. The number of nitrogens with one attached hydrogen (secondary N) is 2. The highest BCUT2D eigenvalue weighted by molar-refractivity contribution is 5.93. The van der Waals surface area contributed by atoms with Gasteiger partial charge in [-0.15, -0.1) is 0 Å². The molecule has 1 aliphatic carbocycles. The molecule has 1 fully saturated rings. The van der Waals surface area contributed by atoms with Crippen molar-refractivity contribution in [2.75, 3.05) is 0 Å². The van der Waals surface area contributed by atoms with Crippen molar-refractivity contribution in [2.24, 2.45) is 0 Å². The number of aromatic nitrogens is 2. The molecule has 6 nitrogen and oxygen atoms in total. The fourth-order valence-electron chi connectivity index (χ4n) is 2.73. The van der Waals surface area contributed by atoms with Gasteiger partial charge in [0.15, 0.2) is 0 Å². The van der Waals surface area contributed by atoms with Crippen molar-refractivity contribution in [1.82, 2.24) is 15.3 Å². The minimum absolute atomic E-state index is 0.137. The van der Waals surface area contributed by atoms with Crippen molar-refractivity contribution >= 4 is 5.91 Å². The monoisotopic (exact) mass is 313 g/mol. The summed E-state index contributed by atoms with van der Waals surface area (Å²) >= 11 is 0. The zero-order valence-corrected chi connectivity index (χ0v) is 12.7. The molecule has 1 saturated carbocycles. The lowest BCUT2D eigenvalue weighted by atomic mass is 9.92. The Hall–Kier alpha value is -2.63. The van der Waals surface area contributed by atoms with Gasteiger partial charge in [-0.1, -0.05) is 6.07 Å². The van der Waals surface area contributed by atoms with E-state index in [0.29, 0.717) is 11.4 Å². The topological polar surface area (TPSA) is 84.1 Å². The molecule has 120 valence electrons. The molecule has 0 aromatic carbocycles. The standard InChI is InChI=1S/C17H19N3O3/c21-15-9-4-12(11-19-15)17(22)20-13-5-7-14(8-6-13)23-16-3-1-2-10-18-16/h1-4,9-11,13-14H,5-8H2,(H,19,21)(H,20,22). The van der Waals surface area contributed by atoms with E-state index < -0.39 is 0 Å². The molecule has 1 amide bonds. The van der Waals surface area contributed by atoms with Gasteiger partial charge in [0.25, 0.3) is 5.91 Å². The maximum absolute atomic E-state index is 12.1. The number of aromatic amines is 1. The van der Waals surface area contributed by atoms with Crippen molar-refractivity contribution in [2.45, 2.75) is 37.8 Å². The fourth-order valence-corrected chi connectivity index (χ4v) is 2.73. The van der Waals surface area contributed by atoms with E-state index in [0.717, 1.165) is 25.7 Å². The van der Waals surface area contributed by atoms with Gasteiger partial charge in [-0.05, 0) is 37.8 Å². The molecular weight excluding hydrogens is 294 g/mol. The highest BCUT2D eigenvalue weighted by atomic mass is 16.5. The van der Waals surface area contributed by atoms with Crippen LogP contribution < -0.4 is 15.6 Å². The summed E-state index contributed by atoms with van der Waals surface area (Å²) in [5, 5.41) is 3.01. The molecule has 23 heavy (non-hydrogen) atoms. The second kappa shape index (κ2) is 7.09. The van der Waals surface area contributed by atoms with Crippen molar-refractivity contribution in [3.05, 3.63) is 58.6 Å². The van der Waals surface area contributed by atoms with E-state index in [2.05, 4.69) is 15.3 Å². The molecule has 1 aliphatic rings. The van der Waals surface area contributed by atoms with Gasteiger partial charge in [0.1, 0.15) is 6.10 Å². The van der Waals surface area contributed by atoms with Crippen molar-refractivity contribution in [3.63, 3.8) is 0 Å². The van der Waals surface area contributed by atoms with Gasteiger partial charge >= 0.3 is 0 Å². The van der Waals surface area contributed by atoms with E-state index in [1.165, 1.54) is 18.3 Å². The molecule has 0 spiro atoms. The lowest BCUT2D eigenvalue weighted by Gasteiger charge is -2.29. The van der Waals surface area contributed by atoms with E-state index in [9.17, 15) is 9.59 Å². The third kappa shape index (κ3) is 4.18. The van der Waals surface area contributed by atoms with Gasteiger partial charge in [-0.3, -0.25) is 9.59 Å². The van der Waals surface area contributed by atoms with E-state index >= 15 is 0 Å². The van der Waals surface area contributed by atoms with Gasteiger partial charge in [-0.2, -0.15) is 0 Å². The number of pyridine rings is 2. The Labute approximate surface area is 133 Å². The average molecular weight is 313 g/mol.